The lowest BCUT2D eigenvalue weighted by Gasteiger charge is -2.50. The summed E-state index contributed by atoms with van der Waals surface area (Å²) in [6, 6.07) is 0. The van der Waals surface area contributed by atoms with Crippen molar-refractivity contribution in [2.45, 2.75) is 64.7 Å². The number of hydrogen-bond donors (Lipinski definition) is 1. The van der Waals surface area contributed by atoms with Crippen molar-refractivity contribution >= 4 is 5.91 Å². The zero-order valence-electron chi connectivity index (χ0n) is 13.0. The van der Waals surface area contributed by atoms with Crippen LogP contribution in [0, 0.1) is 16.7 Å². The van der Waals surface area contributed by atoms with Crippen LogP contribution in [0.15, 0.2) is 0 Å². The van der Waals surface area contributed by atoms with Gasteiger partial charge in [0.1, 0.15) is 0 Å². The number of carbonyl (C=O) groups excluding carboxylic acids is 1. The number of hydrogen-bond acceptors (Lipinski definition) is 2. The highest BCUT2D eigenvalue weighted by Gasteiger charge is 2.50. The van der Waals surface area contributed by atoms with E-state index in [1.54, 1.807) is 0 Å². The molecule has 3 nitrogen and oxygen atoms in total. The lowest BCUT2D eigenvalue weighted by atomic mass is 9.61. The average Bonchev–Trinajstić information content (AvgIpc) is 2.45. The molecule has 1 aliphatic heterocycles. The topological polar surface area (TPSA) is 46.3 Å². The van der Waals surface area contributed by atoms with Gasteiger partial charge < -0.3 is 10.6 Å². The molecule has 1 amide bonds. The van der Waals surface area contributed by atoms with Crippen molar-refractivity contribution in [2.24, 2.45) is 22.5 Å². The van der Waals surface area contributed by atoms with Crippen molar-refractivity contribution in [2.75, 3.05) is 19.6 Å². The molecule has 0 radical (unpaired) electrons. The summed E-state index contributed by atoms with van der Waals surface area (Å²) in [6.45, 7) is 4.73. The van der Waals surface area contributed by atoms with Gasteiger partial charge in [0.25, 0.3) is 0 Å². The van der Waals surface area contributed by atoms with Gasteiger partial charge in [-0.25, -0.2) is 0 Å². The van der Waals surface area contributed by atoms with E-state index in [4.69, 9.17) is 5.73 Å². The monoisotopic (exact) mass is 278 g/mol. The molecule has 1 spiro atoms. The number of nitrogens with zero attached hydrogens (tertiary/aromatic N) is 1. The van der Waals surface area contributed by atoms with Crippen LogP contribution >= 0.6 is 0 Å². The number of likely N-dealkylation sites (tertiary alicyclic amines) is 1. The zero-order chi connectivity index (χ0) is 14.2. The Bertz CT molecular complexity index is 357. The average molecular weight is 278 g/mol. The van der Waals surface area contributed by atoms with Gasteiger partial charge in [0, 0.05) is 19.6 Å². The van der Waals surface area contributed by atoms with Gasteiger partial charge in [0.05, 0.1) is 5.41 Å². The number of rotatable bonds is 2. The fourth-order valence-corrected chi connectivity index (χ4v) is 5.02. The van der Waals surface area contributed by atoms with E-state index in [2.05, 4.69) is 11.8 Å². The van der Waals surface area contributed by atoms with Gasteiger partial charge in [-0.3, -0.25) is 4.79 Å². The minimum absolute atomic E-state index is 0.198. The van der Waals surface area contributed by atoms with Crippen LogP contribution < -0.4 is 5.73 Å². The Balaban J connectivity index is 1.59. The summed E-state index contributed by atoms with van der Waals surface area (Å²) in [5, 5.41) is 0. The summed E-state index contributed by atoms with van der Waals surface area (Å²) in [5.74, 6) is 1.04. The van der Waals surface area contributed by atoms with Crippen molar-refractivity contribution in [3.05, 3.63) is 0 Å². The van der Waals surface area contributed by atoms with E-state index in [1.165, 1.54) is 44.9 Å². The summed E-state index contributed by atoms with van der Waals surface area (Å²) >= 11 is 0. The number of amides is 1. The summed E-state index contributed by atoms with van der Waals surface area (Å²) in [6.07, 6.45) is 11.5. The van der Waals surface area contributed by atoms with Crippen molar-refractivity contribution in [3.63, 3.8) is 0 Å². The fourth-order valence-electron chi connectivity index (χ4n) is 5.02. The molecule has 3 heteroatoms. The molecule has 1 heterocycles. The molecule has 3 rings (SSSR count). The molecule has 1 saturated heterocycles. The Kier molecular flexibility index (Phi) is 3.83. The molecular weight excluding hydrogens is 248 g/mol. The standard InChI is InChI=1S/C17H30N2O/c1-14-11-17(12-14,13-18)15(20)19-9-7-16(8-10-19)5-3-2-4-6-16/h14H,2-13,18H2,1H3. The Hall–Kier alpha value is -0.570. The molecule has 2 saturated carbocycles. The Morgan fingerprint density at radius 1 is 1.10 bits per heavy atom. The summed E-state index contributed by atoms with van der Waals surface area (Å²) in [4.78, 5) is 14.9. The molecule has 0 atom stereocenters. The van der Waals surface area contributed by atoms with Gasteiger partial charge in [0.15, 0.2) is 0 Å². The SMILES string of the molecule is CC1CC(CN)(C(=O)N2CCC3(CCCCC3)CC2)C1. The molecule has 2 aliphatic carbocycles. The second kappa shape index (κ2) is 5.32. The highest BCUT2D eigenvalue weighted by molar-refractivity contribution is 5.84. The van der Waals surface area contributed by atoms with Crippen LogP contribution in [-0.2, 0) is 4.79 Å². The van der Waals surface area contributed by atoms with E-state index in [0.717, 1.165) is 25.9 Å². The highest BCUT2D eigenvalue weighted by Crippen LogP contribution is 2.48. The Labute approximate surface area is 123 Å². The molecule has 3 aliphatic rings. The molecule has 20 heavy (non-hydrogen) atoms. The van der Waals surface area contributed by atoms with E-state index in [1.807, 2.05) is 0 Å². The van der Waals surface area contributed by atoms with Gasteiger partial charge in [-0.2, -0.15) is 0 Å². The van der Waals surface area contributed by atoms with Crippen LogP contribution in [0.3, 0.4) is 0 Å². The van der Waals surface area contributed by atoms with E-state index in [9.17, 15) is 4.79 Å². The van der Waals surface area contributed by atoms with E-state index in [0.29, 0.717) is 23.8 Å². The van der Waals surface area contributed by atoms with E-state index >= 15 is 0 Å². The zero-order valence-corrected chi connectivity index (χ0v) is 13.0. The van der Waals surface area contributed by atoms with E-state index < -0.39 is 0 Å². The van der Waals surface area contributed by atoms with Crippen LogP contribution in [0.5, 0.6) is 0 Å². The number of carbonyl (C=O) groups is 1. The third-order valence-corrected chi connectivity index (χ3v) is 6.35. The van der Waals surface area contributed by atoms with Crippen molar-refractivity contribution in [1.29, 1.82) is 0 Å². The van der Waals surface area contributed by atoms with Crippen LogP contribution in [0.2, 0.25) is 0 Å². The van der Waals surface area contributed by atoms with Crippen LogP contribution in [0.25, 0.3) is 0 Å². The third kappa shape index (κ3) is 2.38. The highest BCUT2D eigenvalue weighted by atomic mass is 16.2. The smallest absolute Gasteiger partial charge is 0.230 e. The van der Waals surface area contributed by atoms with Gasteiger partial charge in [-0.15, -0.1) is 0 Å². The minimum Gasteiger partial charge on any atom is -0.342 e. The maximum atomic E-state index is 12.8. The first-order valence-electron chi connectivity index (χ1n) is 8.59. The lowest BCUT2D eigenvalue weighted by Crippen LogP contribution is -2.56. The molecule has 0 unspecified atom stereocenters. The Morgan fingerprint density at radius 2 is 1.70 bits per heavy atom. The number of piperidine rings is 1. The van der Waals surface area contributed by atoms with Gasteiger partial charge in [-0.05, 0) is 49.9 Å². The second-order valence-electron chi connectivity index (χ2n) is 7.85. The fraction of sp³-hybridized carbons (Fsp3) is 0.941. The third-order valence-electron chi connectivity index (χ3n) is 6.35. The predicted octanol–water partition coefficient (Wildman–Crippen LogP) is 2.93. The van der Waals surface area contributed by atoms with Gasteiger partial charge in [-0.1, -0.05) is 26.2 Å². The van der Waals surface area contributed by atoms with E-state index in [-0.39, 0.29) is 5.41 Å². The maximum Gasteiger partial charge on any atom is 0.230 e. The number of nitrogens with two attached hydrogens (primary N) is 1. The quantitative estimate of drug-likeness (QED) is 0.844. The first-order valence-corrected chi connectivity index (χ1v) is 8.59. The minimum atomic E-state index is -0.198. The summed E-state index contributed by atoms with van der Waals surface area (Å²) < 4.78 is 0. The van der Waals surface area contributed by atoms with Crippen molar-refractivity contribution < 1.29 is 4.79 Å². The van der Waals surface area contributed by atoms with Gasteiger partial charge >= 0.3 is 0 Å². The molecule has 2 N–H and O–H groups in total. The first kappa shape index (κ1) is 14.4. The molecule has 0 bridgehead atoms. The van der Waals surface area contributed by atoms with Gasteiger partial charge in [0.2, 0.25) is 5.91 Å². The summed E-state index contributed by atoms with van der Waals surface area (Å²) in [7, 11) is 0. The molecule has 0 aromatic rings. The van der Waals surface area contributed by atoms with Crippen LogP contribution in [0.1, 0.15) is 64.7 Å². The largest absolute Gasteiger partial charge is 0.342 e. The lowest BCUT2D eigenvalue weighted by molar-refractivity contribution is -0.152. The molecule has 3 fully saturated rings. The molecule has 114 valence electrons. The predicted molar refractivity (Wildman–Crippen MR) is 81.2 cm³/mol. The first-order chi connectivity index (χ1) is 9.59. The Morgan fingerprint density at radius 3 is 2.20 bits per heavy atom. The summed E-state index contributed by atoms with van der Waals surface area (Å²) in [5.41, 5.74) is 6.31. The maximum absolute atomic E-state index is 12.8. The van der Waals surface area contributed by atoms with Crippen molar-refractivity contribution in [1.82, 2.24) is 4.90 Å². The molecule has 0 aromatic heterocycles. The van der Waals surface area contributed by atoms with Crippen molar-refractivity contribution in [3.8, 4) is 0 Å². The molecular formula is C17H30N2O. The second-order valence-corrected chi connectivity index (χ2v) is 7.85. The molecule has 0 aromatic carbocycles. The van der Waals surface area contributed by atoms with Crippen LogP contribution in [0.4, 0.5) is 0 Å². The normalized spacial score (nSPS) is 36.7. The van der Waals surface area contributed by atoms with Crippen LogP contribution in [-0.4, -0.2) is 30.4 Å².